The number of rotatable bonds is 0. The Morgan fingerprint density at radius 1 is 1.89 bits per heavy atom. The van der Waals surface area contributed by atoms with E-state index in [1.54, 1.807) is 22.9 Å². The highest BCUT2D eigenvalue weighted by Crippen LogP contribution is 2.30. The highest BCUT2D eigenvalue weighted by atomic mass is 32.2. The van der Waals surface area contributed by atoms with Crippen LogP contribution in [0.4, 0.5) is 4.79 Å². The van der Waals surface area contributed by atoms with Gasteiger partial charge in [-0.1, -0.05) is 17.8 Å². The Morgan fingerprint density at radius 2 is 2.78 bits per heavy atom. The van der Waals surface area contributed by atoms with Gasteiger partial charge in [-0.2, -0.15) is 0 Å². The molecular formula is C5H5NO2S. The van der Waals surface area contributed by atoms with Gasteiger partial charge in [0, 0.05) is 12.0 Å². The third-order valence-electron chi connectivity index (χ3n) is 1.24. The molecule has 0 aliphatic carbocycles. The van der Waals surface area contributed by atoms with Crippen molar-refractivity contribution in [3.8, 4) is 0 Å². The number of ether oxygens (including phenoxy) is 1. The first-order chi connectivity index (χ1) is 4.38. The second-order valence-electron chi connectivity index (χ2n) is 1.82. The van der Waals surface area contributed by atoms with Crippen LogP contribution in [0.25, 0.3) is 0 Å². The normalized spacial score (nSPS) is 30.9. The van der Waals surface area contributed by atoms with E-state index in [0.717, 1.165) is 5.75 Å². The van der Waals surface area contributed by atoms with Crippen molar-refractivity contribution in [3.05, 3.63) is 12.3 Å². The SMILES string of the molecule is O=C1O[C@@H]2SCC=CN12. The summed E-state index contributed by atoms with van der Waals surface area (Å²) in [6.45, 7) is 0. The molecule has 0 bridgehead atoms. The van der Waals surface area contributed by atoms with Crippen molar-refractivity contribution >= 4 is 17.9 Å². The zero-order valence-electron chi connectivity index (χ0n) is 4.61. The standard InChI is InChI=1S/C5H5NO2S/c7-4-6-2-1-3-9-5(6)8-4/h1-2,5H,3H2/t5-/m1/s1. The Morgan fingerprint density at radius 3 is 3.33 bits per heavy atom. The fraction of sp³-hybridized carbons (Fsp3) is 0.400. The van der Waals surface area contributed by atoms with Crippen LogP contribution in [0.1, 0.15) is 0 Å². The summed E-state index contributed by atoms with van der Waals surface area (Å²) < 4.78 is 4.74. The maximum Gasteiger partial charge on any atom is 0.420 e. The summed E-state index contributed by atoms with van der Waals surface area (Å²) in [6.07, 6.45) is 3.48. The molecule has 9 heavy (non-hydrogen) atoms. The molecule has 0 saturated carbocycles. The van der Waals surface area contributed by atoms with Crippen LogP contribution in [-0.4, -0.2) is 22.3 Å². The summed E-state index contributed by atoms with van der Waals surface area (Å²) >= 11 is 1.61. The van der Waals surface area contributed by atoms with Crippen LogP contribution in [0.3, 0.4) is 0 Å². The van der Waals surface area contributed by atoms with E-state index in [1.165, 1.54) is 0 Å². The molecule has 1 atom stereocenters. The molecule has 0 unspecified atom stereocenters. The molecule has 1 saturated heterocycles. The van der Waals surface area contributed by atoms with Crippen LogP contribution in [0.2, 0.25) is 0 Å². The fourth-order valence-corrected chi connectivity index (χ4v) is 1.61. The van der Waals surface area contributed by atoms with Crippen molar-refractivity contribution in [2.24, 2.45) is 0 Å². The molecule has 2 aliphatic heterocycles. The number of carbonyl (C=O) groups excluding carboxylic acids is 1. The predicted molar refractivity (Wildman–Crippen MR) is 33.7 cm³/mol. The van der Waals surface area contributed by atoms with Gasteiger partial charge in [-0.05, 0) is 0 Å². The third-order valence-corrected chi connectivity index (χ3v) is 2.23. The average molecular weight is 143 g/mol. The molecular weight excluding hydrogens is 138 g/mol. The number of hydrogen-bond donors (Lipinski definition) is 0. The van der Waals surface area contributed by atoms with Crippen LogP contribution >= 0.6 is 11.8 Å². The summed E-state index contributed by atoms with van der Waals surface area (Å²) in [5.41, 5.74) is -0.0255. The number of nitrogens with zero attached hydrogens (tertiary/aromatic N) is 1. The lowest BCUT2D eigenvalue weighted by atomic mass is 10.6. The molecule has 1 amide bonds. The highest BCUT2D eigenvalue weighted by molar-refractivity contribution is 8.00. The molecule has 0 aromatic rings. The molecule has 0 radical (unpaired) electrons. The number of fused-ring (bicyclic) bond motifs is 1. The molecule has 4 heteroatoms. The predicted octanol–water partition coefficient (Wildman–Crippen LogP) is 0.983. The molecule has 0 aromatic carbocycles. The second kappa shape index (κ2) is 1.67. The molecule has 2 aliphatic rings. The lowest BCUT2D eigenvalue weighted by Crippen LogP contribution is -2.50. The summed E-state index contributed by atoms with van der Waals surface area (Å²) in [4.78, 5) is 12.1. The maximum atomic E-state index is 10.5. The van der Waals surface area contributed by atoms with E-state index in [0.29, 0.717) is 0 Å². The second-order valence-corrected chi connectivity index (χ2v) is 2.89. The number of thioether (sulfide) groups is 1. The van der Waals surface area contributed by atoms with E-state index < -0.39 is 0 Å². The van der Waals surface area contributed by atoms with Gasteiger partial charge in [0.05, 0.1) is 0 Å². The first kappa shape index (κ1) is 5.17. The Balaban J connectivity index is 2.16. The van der Waals surface area contributed by atoms with Gasteiger partial charge < -0.3 is 4.74 Å². The third kappa shape index (κ3) is 0.627. The number of carbonyl (C=O) groups is 1. The summed E-state index contributed by atoms with van der Waals surface area (Å²) in [5.74, 6) is 0.939. The van der Waals surface area contributed by atoms with Gasteiger partial charge in [-0.3, -0.25) is 0 Å². The van der Waals surface area contributed by atoms with Crippen LogP contribution in [0.5, 0.6) is 0 Å². The molecule has 0 N–H and O–H groups in total. The molecule has 1 fully saturated rings. The van der Waals surface area contributed by atoms with Gasteiger partial charge in [0.15, 0.2) is 0 Å². The van der Waals surface area contributed by atoms with Crippen molar-refractivity contribution in [2.75, 3.05) is 5.75 Å². The lowest BCUT2D eigenvalue weighted by molar-refractivity contribution is -0.0181. The zero-order chi connectivity index (χ0) is 6.27. The summed E-state index contributed by atoms with van der Waals surface area (Å²) in [6, 6.07) is 0. The number of amides is 1. The summed E-state index contributed by atoms with van der Waals surface area (Å²) in [7, 11) is 0. The Hall–Kier alpha value is -0.640. The minimum atomic E-state index is -0.233. The van der Waals surface area contributed by atoms with E-state index in [4.69, 9.17) is 4.74 Å². The van der Waals surface area contributed by atoms with E-state index in [-0.39, 0.29) is 11.7 Å². The van der Waals surface area contributed by atoms with E-state index >= 15 is 0 Å². The van der Waals surface area contributed by atoms with Gasteiger partial charge in [0.1, 0.15) is 0 Å². The van der Waals surface area contributed by atoms with Crippen molar-refractivity contribution in [2.45, 2.75) is 5.56 Å². The topological polar surface area (TPSA) is 29.5 Å². The van der Waals surface area contributed by atoms with E-state index in [2.05, 4.69) is 0 Å². The molecule has 0 aromatic heterocycles. The maximum absolute atomic E-state index is 10.5. The van der Waals surface area contributed by atoms with Crippen molar-refractivity contribution in [3.63, 3.8) is 0 Å². The van der Waals surface area contributed by atoms with Crippen molar-refractivity contribution < 1.29 is 9.53 Å². The van der Waals surface area contributed by atoms with E-state index in [9.17, 15) is 4.79 Å². The van der Waals surface area contributed by atoms with Crippen LogP contribution < -0.4 is 0 Å². The first-order valence-corrected chi connectivity index (χ1v) is 3.70. The minimum Gasteiger partial charge on any atom is -0.415 e. The molecule has 2 rings (SSSR count). The molecule has 48 valence electrons. The summed E-state index contributed by atoms with van der Waals surface area (Å²) in [5, 5.41) is 0. The Bertz CT molecular complexity index is 180. The van der Waals surface area contributed by atoms with Gasteiger partial charge in [-0.15, -0.1) is 0 Å². The fourth-order valence-electron chi connectivity index (χ4n) is 0.781. The number of hydrogen-bond acceptors (Lipinski definition) is 3. The monoisotopic (exact) mass is 143 g/mol. The van der Waals surface area contributed by atoms with Gasteiger partial charge in [0.25, 0.3) is 0 Å². The van der Waals surface area contributed by atoms with E-state index in [1.807, 2.05) is 6.08 Å². The first-order valence-electron chi connectivity index (χ1n) is 2.65. The minimum absolute atomic E-state index is 0.0255. The zero-order valence-corrected chi connectivity index (χ0v) is 5.43. The Labute approximate surface area is 56.7 Å². The highest BCUT2D eigenvalue weighted by Gasteiger charge is 2.38. The smallest absolute Gasteiger partial charge is 0.415 e. The van der Waals surface area contributed by atoms with Gasteiger partial charge in [0.2, 0.25) is 5.56 Å². The van der Waals surface area contributed by atoms with Crippen LogP contribution in [0, 0.1) is 0 Å². The Kier molecular flexibility index (Phi) is 0.958. The lowest BCUT2D eigenvalue weighted by Gasteiger charge is -2.38. The quantitative estimate of drug-likeness (QED) is 0.506. The van der Waals surface area contributed by atoms with Crippen LogP contribution in [0.15, 0.2) is 12.3 Å². The van der Waals surface area contributed by atoms with Crippen LogP contribution in [-0.2, 0) is 4.74 Å². The molecule has 3 nitrogen and oxygen atoms in total. The average Bonchev–Trinajstić information content (AvgIpc) is 1.86. The molecule has 2 heterocycles. The van der Waals surface area contributed by atoms with Crippen molar-refractivity contribution in [1.29, 1.82) is 0 Å². The van der Waals surface area contributed by atoms with Gasteiger partial charge in [-0.25, -0.2) is 9.69 Å². The molecule has 0 spiro atoms. The van der Waals surface area contributed by atoms with Crippen molar-refractivity contribution in [1.82, 2.24) is 4.90 Å². The largest absolute Gasteiger partial charge is 0.420 e. The van der Waals surface area contributed by atoms with Gasteiger partial charge >= 0.3 is 6.09 Å².